The Hall–Kier alpha value is -0.250. The minimum absolute atomic E-state index is 0.748. The molecule has 0 heterocycles. The van der Waals surface area contributed by atoms with Crippen LogP contribution in [0.5, 0.6) is 0 Å². The molecule has 1 rings (SSSR count). The maximum absolute atomic E-state index is 5.90. The van der Waals surface area contributed by atoms with Crippen molar-refractivity contribution in [3.05, 3.63) is 27.7 Å². The molecule has 1 N–H and O–H groups in total. The van der Waals surface area contributed by atoms with Crippen LogP contribution in [0.25, 0.3) is 0 Å². The monoisotopic (exact) mass is 291 g/mol. The fraction of sp³-hybridized carbons (Fsp3) is 0.455. The predicted molar refractivity (Wildman–Crippen MR) is 68.8 cm³/mol. The van der Waals surface area contributed by atoms with Crippen molar-refractivity contribution in [2.75, 3.05) is 25.6 Å². The number of halogens is 2. The summed E-state index contributed by atoms with van der Waals surface area (Å²) in [5, 5.41) is 4.07. The van der Waals surface area contributed by atoms with Crippen LogP contribution in [0.15, 0.2) is 22.7 Å². The lowest BCUT2D eigenvalue weighted by atomic mass is 10.3. The van der Waals surface area contributed by atoms with Gasteiger partial charge in [-0.05, 0) is 47.0 Å². The summed E-state index contributed by atoms with van der Waals surface area (Å²) in [5.41, 5.74) is 1.04. The molecule has 4 heteroatoms. The molecule has 0 saturated carbocycles. The highest BCUT2D eigenvalue weighted by molar-refractivity contribution is 9.10. The summed E-state index contributed by atoms with van der Waals surface area (Å²) < 4.78 is 6.02. The van der Waals surface area contributed by atoms with Crippen LogP contribution in [0.2, 0.25) is 5.02 Å². The lowest BCUT2D eigenvalue weighted by Crippen LogP contribution is -2.03. The van der Waals surface area contributed by atoms with Crippen molar-refractivity contribution in [3.63, 3.8) is 0 Å². The molecular formula is C11H15BrClNO. The van der Waals surface area contributed by atoms with Crippen LogP contribution >= 0.6 is 27.5 Å². The van der Waals surface area contributed by atoms with Crippen LogP contribution in [0.4, 0.5) is 5.69 Å². The molecule has 0 saturated heterocycles. The van der Waals surface area contributed by atoms with Gasteiger partial charge in [0.1, 0.15) is 0 Å². The van der Waals surface area contributed by atoms with Gasteiger partial charge in [0.2, 0.25) is 0 Å². The smallest absolute Gasteiger partial charge is 0.0499 e. The highest BCUT2D eigenvalue weighted by Gasteiger charge is 1.99. The number of nitrogens with one attached hydrogen (secondary N) is 1. The highest BCUT2D eigenvalue weighted by atomic mass is 79.9. The first-order valence-electron chi connectivity index (χ1n) is 4.92. The maximum Gasteiger partial charge on any atom is 0.0499 e. The minimum atomic E-state index is 0.748. The Morgan fingerprint density at radius 2 is 2.20 bits per heavy atom. The summed E-state index contributed by atoms with van der Waals surface area (Å²) in [6.45, 7) is 1.75. The number of anilines is 1. The Morgan fingerprint density at radius 1 is 1.40 bits per heavy atom. The standard InChI is InChI=1S/C11H15BrClNO/c1-15-7-3-2-6-14-11-8-9(13)4-5-10(11)12/h4-5,8,14H,2-3,6-7H2,1H3. The predicted octanol–water partition coefficient (Wildman–Crippen LogP) is 3.94. The van der Waals surface area contributed by atoms with E-state index < -0.39 is 0 Å². The van der Waals surface area contributed by atoms with E-state index in [1.54, 1.807) is 7.11 Å². The largest absolute Gasteiger partial charge is 0.385 e. The SMILES string of the molecule is COCCCCNc1cc(Cl)ccc1Br. The molecule has 0 aliphatic heterocycles. The Labute approximate surface area is 104 Å². The number of hydrogen-bond acceptors (Lipinski definition) is 2. The molecule has 0 aromatic heterocycles. The molecule has 15 heavy (non-hydrogen) atoms. The first-order chi connectivity index (χ1) is 7.24. The van der Waals surface area contributed by atoms with E-state index in [4.69, 9.17) is 16.3 Å². The second-order valence-corrected chi connectivity index (χ2v) is 4.54. The van der Waals surface area contributed by atoms with Gasteiger partial charge in [-0.25, -0.2) is 0 Å². The molecule has 0 unspecified atom stereocenters. The van der Waals surface area contributed by atoms with E-state index in [1.165, 1.54) is 0 Å². The minimum Gasteiger partial charge on any atom is -0.385 e. The van der Waals surface area contributed by atoms with Gasteiger partial charge in [0, 0.05) is 35.4 Å². The first-order valence-corrected chi connectivity index (χ1v) is 6.09. The zero-order chi connectivity index (χ0) is 11.1. The summed E-state index contributed by atoms with van der Waals surface area (Å²) in [4.78, 5) is 0. The van der Waals surface area contributed by atoms with Gasteiger partial charge in [0.05, 0.1) is 0 Å². The van der Waals surface area contributed by atoms with Gasteiger partial charge in [-0.1, -0.05) is 11.6 Å². The highest BCUT2D eigenvalue weighted by Crippen LogP contribution is 2.25. The number of ether oxygens (including phenoxy) is 1. The molecular weight excluding hydrogens is 277 g/mol. The summed E-state index contributed by atoms with van der Waals surface area (Å²) in [7, 11) is 1.72. The van der Waals surface area contributed by atoms with Crippen LogP contribution in [-0.4, -0.2) is 20.3 Å². The van der Waals surface area contributed by atoms with E-state index in [9.17, 15) is 0 Å². The van der Waals surface area contributed by atoms with Crippen LogP contribution in [-0.2, 0) is 4.74 Å². The lowest BCUT2D eigenvalue weighted by Gasteiger charge is -2.08. The van der Waals surface area contributed by atoms with E-state index in [-0.39, 0.29) is 0 Å². The molecule has 0 bridgehead atoms. The number of benzene rings is 1. The first kappa shape index (κ1) is 12.8. The quantitative estimate of drug-likeness (QED) is 0.802. The Balaban J connectivity index is 2.33. The lowest BCUT2D eigenvalue weighted by molar-refractivity contribution is 0.194. The number of hydrogen-bond donors (Lipinski definition) is 1. The molecule has 0 aliphatic rings. The topological polar surface area (TPSA) is 21.3 Å². The summed E-state index contributed by atoms with van der Waals surface area (Å²) in [5.74, 6) is 0. The Bertz CT molecular complexity index is 307. The van der Waals surface area contributed by atoms with Crippen molar-refractivity contribution in [1.29, 1.82) is 0 Å². The van der Waals surface area contributed by atoms with Gasteiger partial charge in [-0.2, -0.15) is 0 Å². The van der Waals surface area contributed by atoms with Gasteiger partial charge < -0.3 is 10.1 Å². The van der Waals surface area contributed by atoms with E-state index >= 15 is 0 Å². The van der Waals surface area contributed by atoms with Crippen LogP contribution < -0.4 is 5.32 Å². The van der Waals surface area contributed by atoms with Gasteiger partial charge >= 0.3 is 0 Å². The molecule has 0 amide bonds. The number of methoxy groups -OCH3 is 1. The van der Waals surface area contributed by atoms with Crippen molar-refractivity contribution in [2.24, 2.45) is 0 Å². The number of unbranched alkanes of at least 4 members (excludes halogenated alkanes) is 1. The molecule has 1 aromatic carbocycles. The zero-order valence-corrected chi connectivity index (χ0v) is 11.1. The van der Waals surface area contributed by atoms with Crippen LogP contribution in [0.3, 0.4) is 0 Å². The fourth-order valence-electron chi connectivity index (χ4n) is 1.23. The Morgan fingerprint density at radius 3 is 2.93 bits per heavy atom. The average Bonchev–Trinajstić information content (AvgIpc) is 2.23. The fourth-order valence-corrected chi connectivity index (χ4v) is 1.79. The van der Waals surface area contributed by atoms with Crippen LogP contribution in [0, 0.1) is 0 Å². The van der Waals surface area contributed by atoms with Gasteiger partial charge in [0.15, 0.2) is 0 Å². The summed E-state index contributed by atoms with van der Waals surface area (Å²) in [6, 6.07) is 5.73. The van der Waals surface area contributed by atoms with Crippen molar-refractivity contribution in [1.82, 2.24) is 0 Å². The van der Waals surface area contributed by atoms with E-state index in [0.717, 1.165) is 41.2 Å². The summed E-state index contributed by atoms with van der Waals surface area (Å²) >= 11 is 9.37. The second kappa shape index (κ2) is 7.09. The van der Waals surface area contributed by atoms with Crippen molar-refractivity contribution in [3.8, 4) is 0 Å². The van der Waals surface area contributed by atoms with E-state index in [1.807, 2.05) is 18.2 Å². The number of rotatable bonds is 6. The molecule has 0 spiro atoms. The van der Waals surface area contributed by atoms with Gasteiger partial charge in [-0.3, -0.25) is 0 Å². The Kier molecular flexibility index (Phi) is 6.06. The molecule has 84 valence electrons. The van der Waals surface area contributed by atoms with Gasteiger partial charge in [0.25, 0.3) is 0 Å². The molecule has 0 fully saturated rings. The normalized spacial score (nSPS) is 10.3. The van der Waals surface area contributed by atoms with Crippen molar-refractivity contribution >= 4 is 33.2 Å². The van der Waals surface area contributed by atoms with Crippen LogP contribution in [0.1, 0.15) is 12.8 Å². The third kappa shape index (κ3) is 4.87. The second-order valence-electron chi connectivity index (χ2n) is 3.25. The average molecular weight is 293 g/mol. The molecule has 0 atom stereocenters. The molecule has 1 aromatic rings. The maximum atomic E-state index is 5.90. The molecule has 0 aliphatic carbocycles. The zero-order valence-electron chi connectivity index (χ0n) is 8.72. The van der Waals surface area contributed by atoms with Crippen molar-refractivity contribution < 1.29 is 4.74 Å². The third-order valence-electron chi connectivity index (χ3n) is 2.02. The summed E-state index contributed by atoms with van der Waals surface area (Å²) in [6.07, 6.45) is 2.16. The molecule has 0 radical (unpaired) electrons. The molecule has 2 nitrogen and oxygen atoms in total. The van der Waals surface area contributed by atoms with E-state index in [2.05, 4.69) is 21.2 Å². The third-order valence-corrected chi connectivity index (χ3v) is 2.95. The van der Waals surface area contributed by atoms with E-state index in [0.29, 0.717) is 0 Å². The van der Waals surface area contributed by atoms with Crippen molar-refractivity contribution in [2.45, 2.75) is 12.8 Å². The van der Waals surface area contributed by atoms with Gasteiger partial charge in [-0.15, -0.1) is 0 Å².